The molecule has 100 heavy (non-hydrogen) atoms. The van der Waals surface area contributed by atoms with Crippen molar-refractivity contribution in [3.63, 3.8) is 0 Å². The Bertz CT molecular complexity index is 3920. The first-order valence-electron chi connectivity index (χ1n) is 31.8. The molecule has 8 amide bonds. The van der Waals surface area contributed by atoms with Crippen LogP contribution >= 0.6 is 22.6 Å². The van der Waals surface area contributed by atoms with E-state index in [1.807, 2.05) is 69.7 Å². The van der Waals surface area contributed by atoms with E-state index in [2.05, 4.69) is 48.5 Å². The van der Waals surface area contributed by atoms with Crippen LogP contribution in [0.4, 0.5) is 74.0 Å². The minimum atomic E-state index is -1.60. The second-order valence-corrected chi connectivity index (χ2v) is 26.1. The zero-order chi connectivity index (χ0) is 73.4. The molecule has 542 valence electrons. The molecule has 6 atom stereocenters. The van der Waals surface area contributed by atoms with Gasteiger partial charge in [-0.3, -0.25) is 43.5 Å². The van der Waals surface area contributed by atoms with Crippen LogP contribution in [0.15, 0.2) is 73.2 Å². The number of carbonyl (C=O) groups excluding carboxylic acids is 7. The van der Waals surface area contributed by atoms with Crippen molar-refractivity contribution in [2.75, 3.05) is 64.1 Å². The van der Waals surface area contributed by atoms with Crippen LogP contribution in [0.5, 0.6) is 5.75 Å². The van der Waals surface area contributed by atoms with Crippen LogP contribution in [-0.2, 0) is 72.6 Å². The Balaban J connectivity index is 0.000000170. The SMILES string of the molecule is CI.CO[C@H]1CC(=O)N(c2cnn3c2CN(C(=O)Nc2cc(F)c(F)c(F)c2)[C@@H](C)C3)C1.CO[C@H]1CC(=O)N(c2cnn3c2CN(C(=O)OC(C)(C)C)[C@@H](C)C3)C1.C[C@H]1Cn2ncc(N3C[C@@H](O)CC3=O)c2CN1C(=O)OC(C)(C)C.O=C(Nc1cc(F)c(F)c(F)c1)Oc1ccccc1. The molecule has 9 heterocycles. The monoisotopic (exact) mass is 1520 g/mol. The molecular formula is C66H81F6IN14O13. The van der Waals surface area contributed by atoms with E-state index in [-0.39, 0.29) is 103 Å². The average Bonchev–Trinajstić information content (AvgIpc) is 1.62. The van der Waals surface area contributed by atoms with Crippen LogP contribution in [0.2, 0.25) is 0 Å². The summed E-state index contributed by atoms with van der Waals surface area (Å²) in [5.41, 5.74) is 2.80. The molecule has 3 fully saturated rings. The van der Waals surface area contributed by atoms with Crippen LogP contribution in [0.25, 0.3) is 0 Å². The van der Waals surface area contributed by atoms with Gasteiger partial charge in [0.2, 0.25) is 17.7 Å². The number of anilines is 5. The molecule has 0 unspecified atom stereocenters. The molecule has 3 N–H and O–H groups in total. The first kappa shape index (κ1) is 76.7. The molecule has 6 aromatic rings. The Hall–Kier alpha value is -9.03. The van der Waals surface area contributed by atoms with Gasteiger partial charge in [0.1, 0.15) is 17.0 Å². The number of halogens is 7. The van der Waals surface area contributed by atoms with E-state index in [4.69, 9.17) is 23.7 Å². The van der Waals surface area contributed by atoms with E-state index < -0.39 is 64.3 Å². The highest BCUT2D eigenvalue weighted by molar-refractivity contribution is 14.1. The number of hydrogen-bond donors (Lipinski definition) is 3. The number of β-amino-alcohol motifs (C(OH)–C–C–N with tert-alkyl or cyclic N) is 1. The Morgan fingerprint density at radius 3 is 1.22 bits per heavy atom. The molecule has 12 rings (SSSR count). The van der Waals surface area contributed by atoms with Gasteiger partial charge in [-0.25, -0.2) is 45.5 Å². The van der Waals surface area contributed by atoms with Crippen LogP contribution in [-0.4, -0.2) is 178 Å². The fourth-order valence-corrected chi connectivity index (χ4v) is 11.5. The molecule has 27 nitrogen and oxygen atoms in total. The number of benzene rings is 3. The van der Waals surface area contributed by atoms with Crippen LogP contribution in [0.3, 0.4) is 0 Å². The van der Waals surface area contributed by atoms with Gasteiger partial charge in [0, 0.05) is 44.2 Å². The number of methoxy groups -OCH3 is 2. The summed E-state index contributed by atoms with van der Waals surface area (Å²) in [4.78, 5) is 97.5. The van der Waals surface area contributed by atoms with Gasteiger partial charge in [0.25, 0.3) is 0 Å². The molecule has 0 saturated carbocycles. The largest absolute Gasteiger partial charge is 0.444 e. The number of aliphatic hydroxyl groups is 1. The van der Waals surface area contributed by atoms with E-state index in [0.717, 1.165) is 17.1 Å². The van der Waals surface area contributed by atoms with E-state index >= 15 is 0 Å². The first-order chi connectivity index (χ1) is 47.2. The lowest BCUT2D eigenvalue weighted by atomic mass is 10.2. The van der Waals surface area contributed by atoms with Gasteiger partial charge in [0.05, 0.1) is 173 Å². The minimum absolute atomic E-state index is 0.0186. The molecule has 3 aromatic heterocycles. The summed E-state index contributed by atoms with van der Waals surface area (Å²) in [6, 6.07) is 9.88. The molecule has 3 saturated heterocycles. The highest BCUT2D eigenvalue weighted by atomic mass is 127. The smallest absolute Gasteiger partial charge is 0.417 e. The van der Waals surface area contributed by atoms with Crippen LogP contribution in [0.1, 0.15) is 98.7 Å². The fourth-order valence-electron chi connectivity index (χ4n) is 11.5. The number of hydrogen-bond acceptors (Lipinski definition) is 16. The number of nitrogens with one attached hydrogen (secondary N) is 2. The van der Waals surface area contributed by atoms with E-state index in [9.17, 15) is 65.0 Å². The number of aromatic nitrogens is 6. The summed E-state index contributed by atoms with van der Waals surface area (Å²) in [6.45, 7) is 20.3. The highest BCUT2D eigenvalue weighted by Crippen LogP contribution is 2.35. The lowest BCUT2D eigenvalue weighted by molar-refractivity contribution is -0.118. The number of fused-ring (bicyclic) bond motifs is 3. The van der Waals surface area contributed by atoms with Crippen molar-refractivity contribution < 1.29 is 88.7 Å². The van der Waals surface area contributed by atoms with Gasteiger partial charge in [-0.1, -0.05) is 40.8 Å². The van der Waals surface area contributed by atoms with E-state index in [1.165, 1.54) is 17.0 Å². The number of nitrogens with zero attached hydrogens (tertiary/aromatic N) is 12. The molecule has 0 spiro atoms. The molecular weight excluding hydrogens is 1440 g/mol. The van der Waals surface area contributed by atoms with Gasteiger partial charge in [-0.05, 0) is 79.4 Å². The summed E-state index contributed by atoms with van der Waals surface area (Å²) in [5, 5.41) is 27.3. The average molecular weight is 1520 g/mol. The van der Waals surface area contributed by atoms with Crippen molar-refractivity contribution >= 4 is 93.1 Å². The van der Waals surface area contributed by atoms with Crippen molar-refractivity contribution in [1.29, 1.82) is 0 Å². The Labute approximate surface area is 586 Å². The Morgan fingerprint density at radius 2 is 0.870 bits per heavy atom. The zero-order valence-corrected chi connectivity index (χ0v) is 59.4. The van der Waals surface area contributed by atoms with Crippen molar-refractivity contribution in [3.05, 3.63) is 125 Å². The van der Waals surface area contributed by atoms with Gasteiger partial charge >= 0.3 is 24.3 Å². The van der Waals surface area contributed by atoms with E-state index in [1.54, 1.807) is 87.1 Å². The number of alkyl halides is 1. The maximum Gasteiger partial charge on any atom is 0.417 e. The van der Waals surface area contributed by atoms with Crippen molar-refractivity contribution in [2.45, 2.75) is 168 Å². The topological polar surface area (TPSA) is 283 Å². The molecule has 6 aliphatic rings. The van der Waals surface area contributed by atoms with Gasteiger partial charge in [-0.2, -0.15) is 15.3 Å². The molecule has 34 heteroatoms. The highest BCUT2D eigenvalue weighted by Gasteiger charge is 2.41. The third kappa shape index (κ3) is 18.7. The lowest BCUT2D eigenvalue weighted by Crippen LogP contribution is -2.47. The Kier molecular flexibility index (Phi) is 25.0. The molecule has 0 radical (unpaired) electrons. The van der Waals surface area contributed by atoms with Gasteiger partial charge < -0.3 is 53.7 Å². The standard InChI is InChI=1S/C19H20F3N5O3.C17H26N4O4.C16H24N4O4.C13H8F3NO2.CH3I/c1-10-7-27-16(15(6-23-27)26-8-12(30-2)5-17(26)28)9-25(10)19(29)24-11-3-13(20)18(22)14(21)4-11;1-11-8-21-14(10-19(11)16(23)25-17(2,3)4)13(7-18-21)20-9-12(24-5)6-15(20)22;1-10-7-20-13(9-18(10)15(23)24-16(2,3)4)12(6-17-20)19-8-11(21)5-14(19)22;14-10-6-8(7-11(15)12(10)16)17-13(18)19-9-4-2-1-3-5-9;1-2/h3-4,6,10,12H,5,7-9H2,1-2H3,(H,24,29);7,11-12H,6,8-10H2,1-5H3;6,10-11,21H,5,7-9H2,1-4H3;1-7H,(H,17,18);1H3/t10-,12-;11-,12-;10-,11-;;/m000../s1. The fraction of sp³-hybridized carbons (Fsp3) is 0.485. The normalized spacial score (nSPS) is 20.1. The number of rotatable bonds is 8. The van der Waals surface area contributed by atoms with E-state index in [0.29, 0.717) is 93.6 Å². The first-order valence-corrected chi connectivity index (χ1v) is 33.9. The Morgan fingerprint density at radius 1 is 0.520 bits per heavy atom. The predicted octanol–water partition coefficient (Wildman–Crippen LogP) is 10.1. The second kappa shape index (κ2) is 32.5. The quantitative estimate of drug-likeness (QED) is 0.0553. The molecule has 3 aromatic carbocycles. The number of amides is 8. The second-order valence-electron chi connectivity index (χ2n) is 26.1. The summed E-state index contributed by atoms with van der Waals surface area (Å²) >= 11 is 2.15. The van der Waals surface area contributed by atoms with Crippen molar-refractivity contribution in [1.82, 2.24) is 44.0 Å². The van der Waals surface area contributed by atoms with Gasteiger partial charge in [0.15, 0.2) is 34.9 Å². The molecule has 6 aliphatic heterocycles. The number of carbonyl (C=O) groups is 7. The van der Waals surface area contributed by atoms with Gasteiger partial charge in [-0.15, -0.1) is 0 Å². The summed E-state index contributed by atoms with van der Waals surface area (Å²) in [6.07, 6.45) is 3.06. The number of urea groups is 1. The maximum atomic E-state index is 13.4. The maximum absolute atomic E-state index is 13.4. The van der Waals surface area contributed by atoms with Crippen molar-refractivity contribution in [2.24, 2.45) is 0 Å². The predicted molar refractivity (Wildman–Crippen MR) is 360 cm³/mol. The van der Waals surface area contributed by atoms with Crippen LogP contribution < -0.4 is 30.1 Å². The summed E-state index contributed by atoms with van der Waals surface area (Å²) < 4.78 is 110. The third-order valence-corrected chi connectivity index (χ3v) is 16.4. The van der Waals surface area contributed by atoms with Crippen LogP contribution in [0, 0.1) is 34.9 Å². The minimum Gasteiger partial charge on any atom is -0.444 e. The zero-order valence-electron chi connectivity index (χ0n) is 57.2. The number of aliphatic hydroxyl groups excluding tert-OH is 1. The lowest BCUT2D eigenvalue weighted by Gasteiger charge is -2.36. The van der Waals surface area contributed by atoms with Crippen molar-refractivity contribution in [3.8, 4) is 5.75 Å². The number of ether oxygens (including phenoxy) is 5. The summed E-state index contributed by atoms with van der Waals surface area (Å²) in [7, 11) is 3.16. The number of para-hydroxylation sites is 1. The molecule has 0 bridgehead atoms. The third-order valence-electron chi connectivity index (χ3n) is 16.4. The molecule has 0 aliphatic carbocycles. The summed E-state index contributed by atoms with van der Waals surface area (Å²) in [5.74, 6) is -8.70.